The van der Waals surface area contributed by atoms with Crippen LogP contribution < -0.4 is 9.64 Å². The zero-order valence-electron chi connectivity index (χ0n) is 18.2. The van der Waals surface area contributed by atoms with Crippen LogP contribution in [0.2, 0.25) is 0 Å². The molecule has 1 saturated heterocycles. The van der Waals surface area contributed by atoms with E-state index < -0.39 is 11.7 Å². The standard InChI is InChI=1S/C25H24F3N3O2/c1-18-4-2-5-19(14-18)17-33-22-7-3-6-20(15-22)24(32)31-12-10-30(11-13-31)23-9-8-21(16-29-23)25(26,27)28/h2-9,14-16H,10-13,17H2,1H3. The van der Waals surface area contributed by atoms with Crippen molar-refractivity contribution in [2.45, 2.75) is 19.7 Å². The summed E-state index contributed by atoms with van der Waals surface area (Å²) in [5.74, 6) is 0.993. The van der Waals surface area contributed by atoms with Gasteiger partial charge in [0.2, 0.25) is 0 Å². The maximum atomic E-state index is 13.0. The number of hydrogen-bond acceptors (Lipinski definition) is 4. The van der Waals surface area contributed by atoms with Crippen LogP contribution in [0.5, 0.6) is 5.75 Å². The summed E-state index contributed by atoms with van der Waals surface area (Å²) in [5, 5.41) is 0. The molecule has 1 amide bonds. The minimum atomic E-state index is -4.41. The van der Waals surface area contributed by atoms with E-state index in [0.29, 0.717) is 49.9 Å². The highest BCUT2D eigenvalue weighted by Gasteiger charge is 2.31. The lowest BCUT2D eigenvalue weighted by Crippen LogP contribution is -2.49. The Balaban J connectivity index is 1.34. The van der Waals surface area contributed by atoms with E-state index in [1.165, 1.54) is 6.07 Å². The molecule has 2 aromatic carbocycles. The highest BCUT2D eigenvalue weighted by Crippen LogP contribution is 2.29. The van der Waals surface area contributed by atoms with Crippen LogP contribution in [0.15, 0.2) is 66.9 Å². The highest BCUT2D eigenvalue weighted by atomic mass is 19.4. The number of carbonyl (C=O) groups is 1. The van der Waals surface area contributed by atoms with Crippen molar-refractivity contribution < 1.29 is 22.7 Å². The Labute approximate surface area is 190 Å². The molecule has 0 N–H and O–H groups in total. The Morgan fingerprint density at radius 2 is 1.76 bits per heavy atom. The second-order valence-corrected chi connectivity index (χ2v) is 7.99. The first-order valence-electron chi connectivity index (χ1n) is 10.7. The molecular weight excluding hydrogens is 431 g/mol. The molecule has 0 unspecified atom stereocenters. The van der Waals surface area contributed by atoms with E-state index in [4.69, 9.17) is 4.74 Å². The third-order valence-electron chi connectivity index (χ3n) is 5.54. The maximum Gasteiger partial charge on any atom is 0.417 e. The molecule has 2 heterocycles. The summed E-state index contributed by atoms with van der Waals surface area (Å²) in [4.78, 5) is 20.5. The first-order valence-corrected chi connectivity index (χ1v) is 10.7. The summed E-state index contributed by atoms with van der Waals surface area (Å²) in [7, 11) is 0. The maximum absolute atomic E-state index is 13.0. The number of pyridine rings is 1. The molecule has 0 aliphatic carbocycles. The molecule has 5 nitrogen and oxygen atoms in total. The number of carbonyl (C=O) groups excluding carboxylic acids is 1. The summed E-state index contributed by atoms with van der Waals surface area (Å²) < 4.78 is 44.1. The molecule has 33 heavy (non-hydrogen) atoms. The molecule has 1 aliphatic heterocycles. The molecule has 4 rings (SSSR count). The first-order chi connectivity index (χ1) is 15.8. The molecule has 8 heteroatoms. The van der Waals surface area contributed by atoms with Crippen molar-refractivity contribution >= 4 is 11.7 Å². The lowest BCUT2D eigenvalue weighted by Gasteiger charge is -2.35. The molecule has 3 aromatic rings. The van der Waals surface area contributed by atoms with Gasteiger partial charge in [0.25, 0.3) is 5.91 Å². The summed E-state index contributed by atoms with van der Waals surface area (Å²) in [6, 6.07) is 17.6. The minimum Gasteiger partial charge on any atom is -0.489 e. The van der Waals surface area contributed by atoms with Crippen LogP contribution in [0.25, 0.3) is 0 Å². The normalized spacial score (nSPS) is 14.3. The number of alkyl halides is 3. The van der Waals surface area contributed by atoms with Crippen molar-refractivity contribution in [2.75, 3.05) is 31.1 Å². The van der Waals surface area contributed by atoms with Gasteiger partial charge in [-0.05, 0) is 42.8 Å². The molecule has 1 aliphatic rings. The predicted molar refractivity (Wildman–Crippen MR) is 119 cm³/mol. The quantitative estimate of drug-likeness (QED) is 0.546. The summed E-state index contributed by atoms with van der Waals surface area (Å²) in [6.07, 6.45) is -3.57. The largest absolute Gasteiger partial charge is 0.489 e. The average Bonchev–Trinajstić information content (AvgIpc) is 2.82. The fraction of sp³-hybridized carbons (Fsp3) is 0.280. The number of aryl methyl sites for hydroxylation is 1. The van der Waals surface area contributed by atoms with Crippen LogP contribution in [-0.4, -0.2) is 42.0 Å². The number of amides is 1. The Hall–Kier alpha value is -3.55. The van der Waals surface area contributed by atoms with Gasteiger partial charge < -0.3 is 14.5 Å². The molecule has 172 valence electrons. The van der Waals surface area contributed by atoms with Gasteiger partial charge >= 0.3 is 6.18 Å². The van der Waals surface area contributed by atoms with Crippen molar-refractivity contribution in [3.05, 3.63) is 89.1 Å². The van der Waals surface area contributed by atoms with E-state index in [9.17, 15) is 18.0 Å². The number of hydrogen-bond donors (Lipinski definition) is 0. The van der Waals surface area contributed by atoms with E-state index in [-0.39, 0.29) is 5.91 Å². The Morgan fingerprint density at radius 1 is 1.00 bits per heavy atom. The minimum absolute atomic E-state index is 0.101. The van der Waals surface area contributed by atoms with Gasteiger partial charge in [-0.25, -0.2) is 4.98 Å². The van der Waals surface area contributed by atoms with E-state index in [1.54, 1.807) is 23.1 Å². The fourth-order valence-corrected chi connectivity index (χ4v) is 3.75. The SMILES string of the molecule is Cc1cccc(COc2cccc(C(=O)N3CCN(c4ccc(C(F)(F)F)cn4)CC3)c2)c1. The Kier molecular flexibility index (Phi) is 6.53. The third kappa shape index (κ3) is 5.63. The van der Waals surface area contributed by atoms with Gasteiger partial charge in [0.05, 0.1) is 5.56 Å². The smallest absolute Gasteiger partial charge is 0.417 e. The van der Waals surface area contributed by atoms with Crippen LogP contribution in [-0.2, 0) is 12.8 Å². The number of aromatic nitrogens is 1. The predicted octanol–water partition coefficient (Wildman–Crippen LogP) is 4.95. The number of piperazine rings is 1. The van der Waals surface area contributed by atoms with Crippen LogP contribution in [0.3, 0.4) is 0 Å². The van der Waals surface area contributed by atoms with E-state index in [0.717, 1.165) is 23.4 Å². The second kappa shape index (κ2) is 9.52. The number of rotatable bonds is 5. The van der Waals surface area contributed by atoms with Gasteiger partial charge in [-0.1, -0.05) is 35.9 Å². The van der Waals surface area contributed by atoms with Gasteiger partial charge in [-0.2, -0.15) is 13.2 Å². The van der Waals surface area contributed by atoms with Crippen molar-refractivity contribution in [1.29, 1.82) is 0 Å². The molecule has 0 atom stereocenters. The molecular formula is C25H24F3N3O2. The van der Waals surface area contributed by atoms with E-state index in [2.05, 4.69) is 11.1 Å². The third-order valence-corrected chi connectivity index (χ3v) is 5.54. The van der Waals surface area contributed by atoms with Crippen molar-refractivity contribution in [3.8, 4) is 5.75 Å². The van der Waals surface area contributed by atoms with Crippen LogP contribution >= 0.6 is 0 Å². The monoisotopic (exact) mass is 455 g/mol. The highest BCUT2D eigenvalue weighted by molar-refractivity contribution is 5.94. The number of benzene rings is 2. The fourth-order valence-electron chi connectivity index (χ4n) is 3.75. The lowest BCUT2D eigenvalue weighted by molar-refractivity contribution is -0.137. The Bertz CT molecular complexity index is 1110. The number of nitrogens with zero attached hydrogens (tertiary/aromatic N) is 3. The van der Waals surface area contributed by atoms with Gasteiger partial charge in [-0.15, -0.1) is 0 Å². The zero-order valence-corrected chi connectivity index (χ0v) is 18.2. The molecule has 1 fully saturated rings. The van der Waals surface area contributed by atoms with Crippen molar-refractivity contribution in [1.82, 2.24) is 9.88 Å². The molecule has 0 saturated carbocycles. The van der Waals surface area contributed by atoms with Crippen molar-refractivity contribution in [2.24, 2.45) is 0 Å². The van der Waals surface area contributed by atoms with Crippen LogP contribution in [0.4, 0.5) is 19.0 Å². The van der Waals surface area contributed by atoms with Gasteiger partial charge in [-0.3, -0.25) is 4.79 Å². The van der Waals surface area contributed by atoms with E-state index in [1.807, 2.05) is 36.1 Å². The molecule has 0 bridgehead atoms. The summed E-state index contributed by atoms with van der Waals surface area (Å²) >= 11 is 0. The first kappa shape index (κ1) is 22.6. The number of anilines is 1. The number of halogens is 3. The molecule has 0 radical (unpaired) electrons. The Morgan fingerprint density at radius 3 is 2.42 bits per heavy atom. The average molecular weight is 455 g/mol. The molecule has 0 spiro atoms. The van der Waals surface area contributed by atoms with Crippen molar-refractivity contribution in [3.63, 3.8) is 0 Å². The second-order valence-electron chi connectivity index (χ2n) is 7.99. The topological polar surface area (TPSA) is 45.7 Å². The van der Waals surface area contributed by atoms with E-state index >= 15 is 0 Å². The zero-order chi connectivity index (χ0) is 23.4. The van der Waals surface area contributed by atoms with Gasteiger partial charge in [0, 0.05) is 37.9 Å². The summed E-state index contributed by atoms with van der Waals surface area (Å²) in [6.45, 7) is 4.33. The number of ether oxygens (including phenoxy) is 1. The summed E-state index contributed by atoms with van der Waals surface area (Å²) in [5.41, 5.74) is 1.98. The van der Waals surface area contributed by atoms with Gasteiger partial charge in [0.1, 0.15) is 18.2 Å². The van der Waals surface area contributed by atoms with Crippen LogP contribution in [0.1, 0.15) is 27.0 Å². The van der Waals surface area contributed by atoms with Crippen LogP contribution in [0, 0.1) is 6.92 Å². The van der Waals surface area contributed by atoms with Gasteiger partial charge in [0.15, 0.2) is 0 Å². The lowest BCUT2D eigenvalue weighted by atomic mass is 10.1. The molecule has 1 aromatic heterocycles.